The molecule has 0 bridgehead atoms. The molecule has 6 rings (SSSR count). The highest BCUT2D eigenvalue weighted by atomic mass is 16.5. The van der Waals surface area contributed by atoms with E-state index in [1.165, 1.54) is 0 Å². The highest BCUT2D eigenvalue weighted by Crippen LogP contribution is 2.58. The van der Waals surface area contributed by atoms with E-state index in [2.05, 4.69) is 39.1 Å². The van der Waals surface area contributed by atoms with Crippen LogP contribution >= 0.6 is 0 Å². The van der Waals surface area contributed by atoms with E-state index >= 15 is 0 Å². The van der Waals surface area contributed by atoms with E-state index in [4.69, 9.17) is 9.47 Å². The number of rotatable bonds is 9. The van der Waals surface area contributed by atoms with Gasteiger partial charge in [0, 0.05) is 36.4 Å². The average molecular weight is 540 g/mol. The zero-order valence-corrected chi connectivity index (χ0v) is 22.7. The summed E-state index contributed by atoms with van der Waals surface area (Å²) in [7, 11) is 1.64. The van der Waals surface area contributed by atoms with Crippen molar-refractivity contribution in [3.63, 3.8) is 0 Å². The van der Waals surface area contributed by atoms with Crippen molar-refractivity contribution in [1.29, 1.82) is 0 Å². The summed E-state index contributed by atoms with van der Waals surface area (Å²) in [6.07, 6.45) is 6.88. The Bertz CT molecular complexity index is 1560. The number of carboxylic acid groups (broad SMARTS) is 1. The highest BCUT2D eigenvalue weighted by Gasteiger charge is 2.55. The second-order valence-corrected chi connectivity index (χ2v) is 11.1. The molecule has 206 valence electrons. The molecule has 2 aliphatic carbocycles. The van der Waals surface area contributed by atoms with Gasteiger partial charge in [0.25, 0.3) is 5.91 Å². The van der Waals surface area contributed by atoms with Gasteiger partial charge in [0.15, 0.2) is 0 Å². The van der Waals surface area contributed by atoms with Crippen LogP contribution < -0.4 is 14.8 Å². The number of methoxy groups -OCH3 is 1. The summed E-state index contributed by atoms with van der Waals surface area (Å²) in [6, 6.07) is 18.0. The molecule has 2 aromatic carbocycles. The molecule has 2 aliphatic rings. The van der Waals surface area contributed by atoms with Gasteiger partial charge >= 0.3 is 5.97 Å². The summed E-state index contributed by atoms with van der Waals surface area (Å²) in [6.45, 7) is 3.11. The van der Waals surface area contributed by atoms with E-state index < -0.39 is 5.97 Å². The number of hydrogen-bond acceptors (Lipinski definition) is 5. The van der Waals surface area contributed by atoms with Crippen molar-refractivity contribution < 1.29 is 24.2 Å². The van der Waals surface area contributed by atoms with Crippen LogP contribution in [-0.2, 0) is 11.3 Å². The van der Waals surface area contributed by atoms with Gasteiger partial charge in [-0.25, -0.2) is 4.98 Å². The van der Waals surface area contributed by atoms with Gasteiger partial charge in [-0.15, -0.1) is 0 Å². The Labute approximate surface area is 232 Å². The Kier molecular flexibility index (Phi) is 6.70. The fourth-order valence-corrected chi connectivity index (χ4v) is 6.45. The number of fused-ring (bicyclic) bond motifs is 1. The Hall–Kier alpha value is -4.33. The zero-order valence-electron chi connectivity index (χ0n) is 22.7. The van der Waals surface area contributed by atoms with Crippen LogP contribution in [0.5, 0.6) is 11.6 Å². The van der Waals surface area contributed by atoms with Gasteiger partial charge < -0.3 is 24.5 Å². The number of carbonyl (C=O) groups excluding carboxylic acids is 1. The van der Waals surface area contributed by atoms with E-state index in [0.29, 0.717) is 24.6 Å². The number of pyridine rings is 1. The van der Waals surface area contributed by atoms with Crippen LogP contribution in [-0.4, -0.2) is 46.3 Å². The molecular weight excluding hydrogens is 506 g/mol. The molecule has 1 spiro atoms. The van der Waals surface area contributed by atoms with Gasteiger partial charge in [0.05, 0.1) is 30.7 Å². The SMILES string of the molecule is CCOc1cc(-c2ccc(Cn3ccc4c(OC)ccc(C(=O)NC5CC6(C5)CC(C(=O)O)C6)c43)cc2)ccn1. The molecule has 2 N–H and O–H groups in total. The summed E-state index contributed by atoms with van der Waals surface area (Å²) in [4.78, 5) is 28.9. The second kappa shape index (κ2) is 10.3. The minimum atomic E-state index is -0.706. The lowest BCUT2D eigenvalue weighted by atomic mass is 9.50. The lowest BCUT2D eigenvalue weighted by Gasteiger charge is -2.56. The van der Waals surface area contributed by atoms with Gasteiger partial charge in [-0.1, -0.05) is 24.3 Å². The minimum absolute atomic E-state index is 0.0757. The number of amides is 1. The molecule has 0 radical (unpaired) electrons. The molecule has 0 saturated heterocycles. The zero-order chi connectivity index (χ0) is 27.9. The smallest absolute Gasteiger partial charge is 0.306 e. The number of aliphatic carboxylic acids is 1. The van der Waals surface area contributed by atoms with Crippen molar-refractivity contribution in [2.24, 2.45) is 11.3 Å². The molecular formula is C32H33N3O5. The van der Waals surface area contributed by atoms with Gasteiger partial charge in [0.1, 0.15) is 5.75 Å². The van der Waals surface area contributed by atoms with Crippen molar-refractivity contribution in [2.45, 2.75) is 45.2 Å². The number of aromatic nitrogens is 2. The fraction of sp³-hybridized carbons (Fsp3) is 0.344. The van der Waals surface area contributed by atoms with Crippen molar-refractivity contribution >= 4 is 22.8 Å². The molecule has 40 heavy (non-hydrogen) atoms. The van der Waals surface area contributed by atoms with E-state index in [0.717, 1.165) is 59.0 Å². The monoisotopic (exact) mass is 539 g/mol. The third kappa shape index (κ3) is 4.78. The maximum Gasteiger partial charge on any atom is 0.306 e. The van der Waals surface area contributed by atoms with Gasteiger partial charge in [-0.05, 0) is 79.0 Å². The largest absolute Gasteiger partial charge is 0.496 e. The number of carboxylic acids is 1. The Morgan fingerprint density at radius 1 is 1.05 bits per heavy atom. The van der Waals surface area contributed by atoms with Crippen molar-refractivity contribution in [3.05, 3.63) is 78.1 Å². The molecule has 2 aromatic heterocycles. The Balaban J connectivity index is 1.20. The summed E-state index contributed by atoms with van der Waals surface area (Å²) < 4.78 is 13.2. The van der Waals surface area contributed by atoms with E-state index in [9.17, 15) is 14.7 Å². The first-order chi connectivity index (χ1) is 19.4. The number of benzene rings is 2. The van der Waals surface area contributed by atoms with Crippen LogP contribution in [0.15, 0.2) is 67.0 Å². The maximum atomic E-state index is 13.5. The predicted molar refractivity (Wildman–Crippen MR) is 152 cm³/mol. The quantitative estimate of drug-likeness (QED) is 0.290. The van der Waals surface area contributed by atoms with Crippen LogP contribution in [0, 0.1) is 11.3 Å². The number of hydrogen-bond donors (Lipinski definition) is 2. The molecule has 8 nitrogen and oxygen atoms in total. The molecule has 4 aromatic rings. The number of nitrogens with one attached hydrogen (secondary N) is 1. The molecule has 0 aliphatic heterocycles. The number of carbonyl (C=O) groups is 2. The number of nitrogens with zero attached hydrogens (tertiary/aromatic N) is 2. The minimum Gasteiger partial charge on any atom is -0.496 e. The summed E-state index contributed by atoms with van der Waals surface area (Å²) >= 11 is 0. The van der Waals surface area contributed by atoms with Crippen LogP contribution in [0.1, 0.15) is 48.5 Å². The fourth-order valence-electron chi connectivity index (χ4n) is 6.45. The third-order valence-corrected chi connectivity index (χ3v) is 8.42. The molecule has 2 heterocycles. The van der Waals surface area contributed by atoms with Gasteiger partial charge in [-0.3, -0.25) is 9.59 Å². The standard InChI is InChI=1S/C32H33N3O5/c1-3-40-28-14-22(10-12-33-28)21-6-4-20(5-7-21)19-35-13-11-25-27(39-2)9-8-26(29(25)35)30(36)34-24-17-32(18-24)15-23(16-32)31(37)38/h4-14,23-24H,3,15-19H2,1-2H3,(H,34,36)(H,37,38). The first-order valence-corrected chi connectivity index (χ1v) is 13.8. The summed E-state index contributed by atoms with van der Waals surface area (Å²) in [5.74, 6) is 0.284. The summed E-state index contributed by atoms with van der Waals surface area (Å²) in [5, 5.41) is 13.3. The van der Waals surface area contributed by atoms with Crippen LogP contribution in [0.4, 0.5) is 0 Å². The van der Waals surface area contributed by atoms with Crippen molar-refractivity contribution in [2.75, 3.05) is 13.7 Å². The lowest BCUT2D eigenvalue weighted by molar-refractivity contribution is -0.155. The Morgan fingerprint density at radius 3 is 2.52 bits per heavy atom. The normalized spacial score (nSPS) is 21.4. The van der Waals surface area contributed by atoms with Crippen LogP contribution in [0.2, 0.25) is 0 Å². The average Bonchev–Trinajstić information content (AvgIpc) is 3.33. The van der Waals surface area contributed by atoms with E-state index in [1.807, 2.05) is 43.5 Å². The van der Waals surface area contributed by atoms with Crippen LogP contribution in [0.3, 0.4) is 0 Å². The highest BCUT2D eigenvalue weighted by molar-refractivity contribution is 6.07. The van der Waals surface area contributed by atoms with Crippen molar-refractivity contribution in [1.82, 2.24) is 14.9 Å². The number of ether oxygens (including phenoxy) is 2. The van der Waals surface area contributed by atoms with Crippen molar-refractivity contribution in [3.8, 4) is 22.8 Å². The third-order valence-electron chi connectivity index (χ3n) is 8.42. The molecule has 0 unspecified atom stereocenters. The lowest BCUT2D eigenvalue weighted by Crippen LogP contribution is -2.57. The topological polar surface area (TPSA) is 103 Å². The summed E-state index contributed by atoms with van der Waals surface area (Å²) in [5.41, 5.74) is 4.76. The van der Waals surface area contributed by atoms with Gasteiger partial charge in [0.2, 0.25) is 5.88 Å². The first-order valence-electron chi connectivity index (χ1n) is 13.8. The molecule has 2 fully saturated rings. The predicted octanol–water partition coefficient (Wildman–Crippen LogP) is 5.53. The molecule has 1 amide bonds. The first kappa shape index (κ1) is 25.9. The van der Waals surface area contributed by atoms with E-state index in [-0.39, 0.29) is 23.3 Å². The molecule has 2 saturated carbocycles. The van der Waals surface area contributed by atoms with Crippen LogP contribution in [0.25, 0.3) is 22.0 Å². The van der Waals surface area contributed by atoms with Gasteiger partial charge in [-0.2, -0.15) is 0 Å². The Morgan fingerprint density at radius 2 is 1.82 bits per heavy atom. The second-order valence-electron chi connectivity index (χ2n) is 11.1. The maximum absolute atomic E-state index is 13.5. The molecule has 0 atom stereocenters. The van der Waals surface area contributed by atoms with E-state index in [1.54, 1.807) is 13.3 Å². The molecule has 8 heteroatoms.